The van der Waals surface area contributed by atoms with Gasteiger partial charge in [0.15, 0.2) is 0 Å². The van der Waals surface area contributed by atoms with Gasteiger partial charge in [0.2, 0.25) is 0 Å². The Bertz CT molecular complexity index is 554. The Morgan fingerprint density at radius 2 is 1.35 bits per heavy atom. The minimum Gasteiger partial charge on any atom is -0.353 e. The lowest BCUT2D eigenvalue weighted by molar-refractivity contribution is 1.55. The first-order valence-electron chi connectivity index (χ1n) is 4.74. The van der Waals surface area contributed by atoms with E-state index in [2.05, 4.69) is 5.32 Å². The van der Waals surface area contributed by atoms with E-state index in [-0.39, 0.29) is 0 Å². The lowest BCUT2D eigenvalue weighted by atomic mass is 10.2. The molecule has 0 heterocycles. The maximum absolute atomic E-state index is 6.08. The number of hydrogen-bond donors (Lipinski definition) is 1. The molecule has 0 fully saturated rings. The highest BCUT2D eigenvalue weighted by atomic mass is 35.5. The van der Waals surface area contributed by atoms with Gasteiger partial charge in [-0.3, -0.25) is 0 Å². The van der Waals surface area contributed by atoms with Crippen molar-refractivity contribution >= 4 is 57.8 Å². The molecule has 0 spiro atoms. The summed E-state index contributed by atoms with van der Waals surface area (Å²) in [6.45, 7) is 0. The van der Waals surface area contributed by atoms with E-state index in [0.717, 1.165) is 5.69 Å². The second kappa shape index (κ2) is 5.36. The van der Waals surface area contributed by atoms with E-state index in [1.165, 1.54) is 0 Å². The Morgan fingerprint density at radius 1 is 0.647 bits per heavy atom. The third kappa shape index (κ3) is 2.80. The van der Waals surface area contributed by atoms with E-state index in [0.29, 0.717) is 25.8 Å². The summed E-state index contributed by atoms with van der Waals surface area (Å²) in [7, 11) is 0. The molecular formula is C12H7Cl4N. The van der Waals surface area contributed by atoms with Gasteiger partial charge in [-0.15, -0.1) is 0 Å². The van der Waals surface area contributed by atoms with Gasteiger partial charge in [-0.25, -0.2) is 0 Å². The second-order valence-corrected chi connectivity index (χ2v) is 4.90. The highest BCUT2D eigenvalue weighted by molar-refractivity contribution is 6.49. The summed E-state index contributed by atoms with van der Waals surface area (Å²) in [5.74, 6) is 0. The van der Waals surface area contributed by atoms with Crippen LogP contribution >= 0.6 is 46.4 Å². The van der Waals surface area contributed by atoms with Crippen LogP contribution in [-0.2, 0) is 0 Å². The molecule has 2 aromatic rings. The summed E-state index contributed by atoms with van der Waals surface area (Å²) < 4.78 is 0. The average Bonchev–Trinajstić information content (AvgIpc) is 2.32. The zero-order valence-electron chi connectivity index (χ0n) is 8.48. The first kappa shape index (κ1) is 12.8. The Kier molecular flexibility index (Phi) is 4.05. The van der Waals surface area contributed by atoms with Crippen LogP contribution < -0.4 is 5.32 Å². The first-order chi connectivity index (χ1) is 8.09. The Balaban J connectivity index is 2.38. The number of para-hydroxylation sites is 1. The molecule has 0 bridgehead atoms. The minimum absolute atomic E-state index is 0.324. The van der Waals surface area contributed by atoms with Crippen LogP contribution in [0.2, 0.25) is 20.1 Å². The predicted molar refractivity (Wildman–Crippen MR) is 76.2 cm³/mol. The largest absolute Gasteiger partial charge is 0.353 e. The first-order valence-corrected chi connectivity index (χ1v) is 6.26. The molecule has 88 valence electrons. The van der Waals surface area contributed by atoms with E-state index >= 15 is 0 Å². The molecule has 0 saturated heterocycles. The fourth-order valence-corrected chi connectivity index (χ4v) is 2.10. The van der Waals surface area contributed by atoms with Gasteiger partial charge in [0.05, 0.1) is 31.5 Å². The van der Waals surface area contributed by atoms with Crippen molar-refractivity contribution < 1.29 is 0 Å². The Labute approximate surface area is 119 Å². The van der Waals surface area contributed by atoms with E-state index in [9.17, 15) is 0 Å². The molecule has 0 unspecified atom stereocenters. The maximum Gasteiger partial charge on any atom is 0.0842 e. The van der Waals surface area contributed by atoms with Crippen molar-refractivity contribution in [3.05, 3.63) is 56.5 Å². The maximum atomic E-state index is 6.08. The predicted octanol–water partition coefficient (Wildman–Crippen LogP) is 6.04. The topological polar surface area (TPSA) is 12.0 Å². The zero-order valence-corrected chi connectivity index (χ0v) is 11.5. The Hall–Kier alpha value is -0.600. The number of anilines is 2. The SMILES string of the molecule is Clc1ccccc1Nc1ccc(Cl)c(Cl)c1Cl. The quantitative estimate of drug-likeness (QED) is 0.666. The van der Waals surface area contributed by atoms with Crippen LogP contribution in [0.1, 0.15) is 0 Å². The summed E-state index contributed by atoms with van der Waals surface area (Å²) in [4.78, 5) is 0. The number of benzene rings is 2. The van der Waals surface area contributed by atoms with Gasteiger partial charge in [-0.05, 0) is 24.3 Å². The molecule has 1 nitrogen and oxygen atoms in total. The molecule has 0 radical (unpaired) electrons. The van der Waals surface area contributed by atoms with Crippen LogP contribution in [0.4, 0.5) is 11.4 Å². The van der Waals surface area contributed by atoms with Crippen molar-refractivity contribution in [3.63, 3.8) is 0 Å². The summed E-state index contributed by atoms with van der Waals surface area (Å²) in [6, 6.07) is 10.8. The summed E-state index contributed by atoms with van der Waals surface area (Å²) >= 11 is 23.9. The molecule has 17 heavy (non-hydrogen) atoms. The zero-order chi connectivity index (χ0) is 12.4. The van der Waals surface area contributed by atoms with E-state index in [1.54, 1.807) is 18.2 Å². The molecule has 0 aliphatic heterocycles. The van der Waals surface area contributed by atoms with Crippen LogP contribution in [0.3, 0.4) is 0 Å². The number of halogens is 4. The van der Waals surface area contributed by atoms with Gasteiger partial charge < -0.3 is 5.32 Å². The molecule has 0 saturated carbocycles. The van der Waals surface area contributed by atoms with Gasteiger partial charge in [-0.1, -0.05) is 58.5 Å². The molecule has 1 N–H and O–H groups in total. The molecule has 0 aliphatic carbocycles. The van der Waals surface area contributed by atoms with Crippen LogP contribution in [0.5, 0.6) is 0 Å². The third-order valence-electron chi connectivity index (χ3n) is 2.18. The van der Waals surface area contributed by atoms with E-state index in [4.69, 9.17) is 46.4 Å². The summed E-state index contributed by atoms with van der Waals surface area (Å²) in [6.07, 6.45) is 0. The molecular weight excluding hydrogens is 300 g/mol. The van der Waals surface area contributed by atoms with Crippen molar-refractivity contribution in [2.24, 2.45) is 0 Å². The molecule has 0 aromatic heterocycles. The van der Waals surface area contributed by atoms with Gasteiger partial charge in [0, 0.05) is 0 Å². The smallest absolute Gasteiger partial charge is 0.0842 e. The highest BCUT2D eigenvalue weighted by Gasteiger charge is 2.09. The lowest BCUT2D eigenvalue weighted by Gasteiger charge is -2.11. The average molecular weight is 307 g/mol. The second-order valence-electron chi connectivity index (χ2n) is 3.33. The molecule has 0 atom stereocenters. The van der Waals surface area contributed by atoms with Crippen LogP contribution in [0, 0.1) is 0 Å². The molecule has 2 aromatic carbocycles. The summed E-state index contributed by atoms with van der Waals surface area (Å²) in [5.41, 5.74) is 1.42. The van der Waals surface area contributed by atoms with Crippen molar-refractivity contribution in [3.8, 4) is 0 Å². The monoisotopic (exact) mass is 305 g/mol. The number of rotatable bonds is 2. The van der Waals surface area contributed by atoms with Gasteiger partial charge in [-0.2, -0.15) is 0 Å². The number of nitrogens with one attached hydrogen (secondary N) is 1. The minimum atomic E-state index is 0.324. The molecule has 5 heteroatoms. The molecule has 2 rings (SSSR count). The fourth-order valence-electron chi connectivity index (χ4n) is 1.33. The van der Waals surface area contributed by atoms with Crippen LogP contribution in [0.25, 0.3) is 0 Å². The van der Waals surface area contributed by atoms with Gasteiger partial charge in [0.1, 0.15) is 0 Å². The van der Waals surface area contributed by atoms with Crippen molar-refractivity contribution in [2.75, 3.05) is 5.32 Å². The number of hydrogen-bond acceptors (Lipinski definition) is 1. The third-order valence-corrected chi connectivity index (χ3v) is 3.80. The Morgan fingerprint density at radius 3 is 2.06 bits per heavy atom. The van der Waals surface area contributed by atoms with Gasteiger partial charge >= 0.3 is 0 Å². The normalized spacial score (nSPS) is 10.4. The van der Waals surface area contributed by atoms with Crippen molar-refractivity contribution in [2.45, 2.75) is 0 Å². The van der Waals surface area contributed by atoms with Crippen molar-refractivity contribution in [1.82, 2.24) is 0 Å². The van der Waals surface area contributed by atoms with Crippen LogP contribution in [0.15, 0.2) is 36.4 Å². The fraction of sp³-hybridized carbons (Fsp3) is 0. The van der Waals surface area contributed by atoms with Gasteiger partial charge in [0.25, 0.3) is 0 Å². The summed E-state index contributed by atoms with van der Waals surface area (Å²) in [5, 5.41) is 4.82. The van der Waals surface area contributed by atoms with E-state index in [1.807, 2.05) is 18.2 Å². The highest BCUT2D eigenvalue weighted by Crippen LogP contribution is 2.37. The molecule has 0 aliphatic rings. The van der Waals surface area contributed by atoms with Crippen LogP contribution in [-0.4, -0.2) is 0 Å². The van der Waals surface area contributed by atoms with Crippen molar-refractivity contribution in [1.29, 1.82) is 0 Å². The van der Waals surface area contributed by atoms with E-state index < -0.39 is 0 Å². The standard InChI is InChI=1S/C12H7Cl4N/c13-7-3-1-2-4-9(7)17-10-6-5-8(14)11(15)12(10)16/h1-6,17H. The lowest BCUT2D eigenvalue weighted by Crippen LogP contribution is -1.92. The molecule has 0 amide bonds.